The Hall–Kier alpha value is -1.12. The van der Waals surface area contributed by atoms with Crippen molar-refractivity contribution in [3.8, 4) is 0 Å². The van der Waals surface area contributed by atoms with Crippen LogP contribution in [0.4, 0.5) is 5.13 Å². The van der Waals surface area contributed by atoms with Crippen LogP contribution in [0.15, 0.2) is 0 Å². The number of thiazole rings is 1. The van der Waals surface area contributed by atoms with E-state index in [-0.39, 0.29) is 17.6 Å². The lowest BCUT2D eigenvalue weighted by molar-refractivity contribution is -0.116. The molecule has 0 saturated heterocycles. The lowest BCUT2D eigenvalue weighted by Crippen LogP contribution is -2.25. The Morgan fingerprint density at radius 3 is 3.10 bits per heavy atom. The Bertz CT molecular complexity index is 504. The van der Waals surface area contributed by atoms with Crippen LogP contribution in [0.5, 0.6) is 0 Å². The van der Waals surface area contributed by atoms with Gasteiger partial charge in [-0.1, -0.05) is 0 Å². The molecule has 110 valence electrons. The van der Waals surface area contributed by atoms with Crippen molar-refractivity contribution < 1.29 is 9.59 Å². The molecular weight excluding hydrogens is 296 g/mol. The summed E-state index contributed by atoms with van der Waals surface area (Å²) in [6.07, 6.45) is 1.30. The average molecular weight is 314 g/mol. The second-order valence-corrected chi connectivity index (χ2v) is 6.88. The van der Waals surface area contributed by atoms with Crippen molar-refractivity contribution >= 4 is 40.0 Å². The number of anilines is 1. The minimum atomic E-state index is -0.355. The van der Waals surface area contributed by atoms with E-state index in [0.29, 0.717) is 17.3 Å². The number of carbonyl (C=O) groups excluding carboxylic acids is 2. The summed E-state index contributed by atoms with van der Waals surface area (Å²) < 4.78 is 0. The molecular formula is C12H18N4O2S2. The van der Waals surface area contributed by atoms with Gasteiger partial charge < -0.3 is 16.0 Å². The van der Waals surface area contributed by atoms with E-state index in [2.05, 4.69) is 22.2 Å². The first kappa shape index (κ1) is 15.3. The minimum absolute atomic E-state index is 0.0681. The SMILES string of the molecule is CN1CCc2nc(NC(=O)CCSCC(N)=O)sc2C1. The van der Waals surface area contributed by atoms with E-state index in [1.807, 2.05) is 0 Å². The number of aromatic nitrogens is 1. The van der Waals surface area contributed by atoms with E-state index >= 15 is 0 Å². The lowest BCUT2D eigenvalue weighted by atomic mass is 10.2. The summed E-state index contributed by atoms with van der Waals surface area (Å²) in [5.41, 5.74) is 6.13. The van der Waals surface area contributed by atoms with Crippen molar-refractivity contribution in [3.05, 3.63) is 10.6 Å². The van der Waals surface area contributed by atoms with Gasteiger partial charge in [0, 0.05) is 36.6 Å². The number of carbonyl (C=O) groups is 2. The van der Waals surface area contributed by atoms with Crippen LogP contribution >= 0.6 is 23.1 Å². The van der Waals surface area contributed by atoms with Gasteiger partial charge in [0.15, 0.2) is 5.13 Å². The molecule has 1 aromatic rings. The van der Waals surface area contributed by atoms with Gasteiger partial charge in [-0.3, -0.25) is 9.59 Å². The normalized spacial score (nSPS) is 14.8. The highest BCUT2D eigenvalue weighted by atomic mass is 32.2. The van der Waals surface area contributed by atoms with E-state index < -0.39 is 0 Å². The number of hydrogen-bond acceptors (Lipinski definition) is 6. The number of fused-ring (bicyclic) bond motifs is 1. The van der Waals surface area contributed by atoms with E-state index in [0.717, 1.165) is 25.2 Å². The van der Waals surface area contributed by atoms with Crippen LogP contribution in [-0.4, -0.2) is 46.8 Å². The highest BCUT2D eigenvalue weighted by molar-refractivity contribution is 7.99. The third-order valence-corrected chi connectivity index (χ3v) is 4.87. The fourth-order valence-corrected chi connectivity index (χ4v) is 3.68. The number of rotatable bonds is 6. The molecule has 1 aliphatic rings. The Balaban J connectivity index is 1.78. The number of nitrogens with two attached hydrogens (primary N) is 1. The molecule has 3 N–H and O–H groups in total. The van der Waals surface area contributed by atoms with E-state index in [4.69, 9.17) is 5.73 Å². The van der Waals surface area contributed by atoms with Crippen LogP contribution in [0.1, 0.15) is 17.0 Å². The number of hydrogen-bond donors (Lipinski definition) is 2. The fourth-order valence-electron chi connectivity index (χ4n) is 1.90. The summed E-state index contributed by atoms with van der Waals surface area (Å²) in [6, 6.07) is 0. The molecule has 2 amide bonds. The van der Waals surface area contributed by atoms with E-state index in [1.54, 1.807) is 11.3 Å². The quantitative estimate of drug-likeness (QED) is 0.754. The molecule has 2 rings (SSSR count). The predicted octanol–water partition coefficient (Wildman–Crippen LogP) is 0.678. The molecule has 0 aromatic carbocycles. The number of nitrogens with one attached hydrogen (secondary N) is 1. The van der Waals surface area contributed by atoms with Gasteiger partial charge in [-0.05, 0) is 7.05 Å². The number of primary amides is 1. The van der Waals surface area contributed by atoms with Crippen molar-refractivity contribution in [3.63, 3.8) is 0 Å². The molecule has 0 atom stereocenters. The highest BCUT2D eigenvalue weighted by Gasteiger charge is 2.18. The smallest absolute Gasteiger partial charge is 0.227 e. The molecule has 0 bridgehead atoms. The maximum absolute atomic E-state index is 11.7. The van der Waals surface area contributed by atoms with Crippen molar-refractivity contribution in [2.45, 2.75) is 19.4 Å². The van der Waals surface area contributed by atoms with Crippen molar-refractivity contribution in [1.29, 1.82) is 0 Å². The number of amides is 2. The molecule has 0 saturated carbocycles. The van der Waals surface area contributed by atoms with E-state index in [9.17, 15) is 9.59 Å². The maximum atomic E-state index is 11.7. The zero-order chi connectivity index (χ0) is 14.5. The van der Waals surface area contributed by atoms with Crippen molar-refractivity contribution in [1.82, 2.24) is 9.88 Å². The van der Waals surface area contributed by atoms with Crippen molar-refractivity contribution in [2.75, 3.05) is 30.4 Å². The summed E-state index contributed by atoms with van der Waals surface area (Å²) in [5, 5.41) is 3.50. The number of likely N-dealkylation sites (N-methyl/N-ethyl adjacent to an activating group) is 1. The van der Waals surface area contributed by atoms with Crippen LogP contribution in [0.3, 0.4) is 0 Å². The van der Waals surface area contributed by atoms with E-state index in [1.165, 1.54) is 16.6 Å². The maximum Gasteiger partial charge on any atom is 0.227 e. The lowest BCUT2D eigenvalue weighted by Gasteiger charge is -2.20. The fraction of sp³-hybridized carbons (Fsp3) is 0.583. The first-order chi connectivity index (χ1) is 9.54. The van der Waals surface area contributed by atoms with Gasteiger partial charge in [-0.25, -0.2) is 4.98 Å². The molecule has 0 aliphatic carbocycles. The van der Waals surface area contributed by atoms with Crippen LogP contribution in [0.25, 0.3) is 0 Å². The monoisotopic (exact) mass is 314 g/mol. The average Bonchev–Trinajstić information content (AvgIpc) is 2.75. The van der Waals surface area contributed by atoms with Gasteiger partial charge in [-0.15, -0.1) is 11.3 Å². The standard InChI is InChI=1S/C12H18N4O2S2/c1-16-4-2-8-9(6-16)20-12(14-8)15-11(18)3-5-19-7-10(13)17/h2-7H2,1H3,(H2,13,17)(H,14,15,18). The zero-order valence-corrected chi connectivity index (χ0v) is 13.0. The first-order valence-corrected chi connectivity index (χ1v) is 8.34. The molecule has 8 heteroatoms. The Labute approximate surface area is 126 Å². The molecule has 6 nitrogen and oxygen atoms in total. The van der Waals surface area contributed by atoms with Crippen LogP contribution < -0.4 is 11.1 Å². The molecule has 0 fully saturated rings. The van der Waals surface area contributed by atoms with Gasteiger partial charge in [0.2, 0.25) is 11.8 Å². The molecule has 20 heavy (non-hydrogen) atoms. The summed E-state index contributed by atoms with van der Waals surface area (Å²) in [5.74, 6) is 0.418. The molecule has 2 heterocycles. The molecule has 0 spiro atoms. The minimum Gasteiger partial charge on any atom is -0.369 e. The highest BCUT2D eigenvalue weighted by Crippen LogP contribution is 2.27. The van der Waals surface area contributed by atoms with Gasteiger partial charge in [-0.2, -0.15) is 11.8 Å². The summed E-state index contributed by atoms with van der Waals surface area (Å²) in [7, 11) is 2.08. The predicted molar refractivity (Wildman–Crippen MR) is 81.9 cm³/mol. The van der Waals surface area contributed by atoms with Gasteiger partial charge in [0.25, 0.3) is 0 Å². The van der Waals surface area contributed by atoms with Crippen molar-refractivity contribution in [2.24, 2.45) is 5.73 Å². The Morgan fingerprint density at radius 1 is 1.55 bits per heavy atom. The number of thioether (sulfide) groups is 1. The second-order valence-electron chi connectivity index (χ2n) is 4.69. The molecule has 0 radical (unpaired) electrons. The van der Waals surface area contributed by atoms with Gasteiger partial charge in [0.05, 0.1) is 11.4 Å². The summed E-state index contributed by atoms with van der Waals surface area (Å²) in [6.45, 7) is 1.91. The molecule has 1 aromatic heterocycles. The Kier molecular flexibility index (Phi) is 5.38. The van der Waals surface area contributed by atoms with Crippen LogP contribution in [0, 0.1) is 0 Å². The second kappa shape index (κ2) is 7.05. The Morgan fingerprint density at radius 2 is 2.35 bits per heavy atom. The third-order valence-electron chi connectivity index (χ3n) is 2.89. The summed E-state index contributed by atoms with van der Waals surface area (Å²) in [4.78, 5) is 30.2. The van der Waals surface area contributed by atoms with Gasteiger partial charge >= 0.3 is 0 Å². The number of nitrogens with zero attached hydrogens (tertiary/aromatic N) is 2. The molecule has 1 aliphatic heterocycles. The first-order valence-electron chi connectivity index (χ1n) is 6.37. The molecule has 0 unspecified atom stereocenters. The van der Waals surface area contributed by atoms with Gasteiger partial charge in [0.1, 0.15) is 0 Å². The van der Waals surface area contributed by atoms with Crippen LogP contribution in [-0.2, 0) is 22.6 Å². The zero-order valence-electron chi connectivity index (χ0n) is 11.3. The van der Waals surface area contributed by atoms with Crippen LogP contribution in [0.2, 0.25) is 0 Å². The largest absolute Gasteiger partial charge is 0.369 e. The topological polar surface area (TPSA) is 88.3 Å². The summed E-state index contributed by atoms with van der Waals surface area (Å²) >= 11 is 2.91. The third kappa shape index (κ3) is 4.46.